The average Bonchev–Trinajstić information content (AvgIpc) is 2.63. The van der Waals surface area contributed by atoms with Crippen molar-refractivity contribution in [1.29, 1.82) is 0 Å². The smallest absolute Gasteiger partial charge is 0.376 e. The molecule has 0 bridgehead atoms. The Morgan fingerprint density at radius 3 is 0.256 bits per heavy atom. The van der Waals surface area contributed by atoms with Gasteiger partial charge in [0.15, 0.2) is 0 Å². The lowest BCUT2D eigenvalue weighted by atomic mass is 11.6. The summed E-state index contributed by atoms with van der Waals surface area (Å²) in [6.07, 6.45) is 0. The maximum atomic E-state index is 9.39. The molecular weight excluding hydrogens is 735 g/mol. The van der Waals surface area contributed by atoms with Crippen molar-refractivity contribution in [3.8, 4) is 0 Å². The van der Waals surface area contributed by atoms with E-state index in [1.807, 2.05) is 0 Å². The molecule has 0 unspecified atom stereocenters. The first-order chi connectivity index (χ1) is 18.8. The lowest BCUT2D eigenvalue weighted by molar-refractivity contribution is 0.215. The van der Waals surface area contributed by atoms with Gasteiger partial charge in [-0.05, 0) is 0 Å². The summed E-state index contributed by atoms with van der Waals surface area (Å²) >= 11 is -0.944. The molecule has 25 nitrogen and oxygen atoms in total. The molecule has 0 heterocycles. The van der Waals surface area contributed by atoms with Crippen molar-refractivity contribution >= 4 is 134 Å². The Bertz CT molecular complexity index is 724. The van der Waals surface area contributed by atoms with Gasteiger partial charge in [0.1, 0.15) is 0 Å². The average molecular weight is 750 g/mol. The quantitative estimate of drug-likeness (QED) is 0.124. The van der Waals surface area contributed by atoms with Crippen LogP contribution in [0.15, 0.2) is 0 Å². The fourth-order valence-corrected chi connectivity index (χ4v) is 1.34. The highest BCUT2D eigenvalue weighted by Crippen LogP contribution is 2.02. The van der Waals surface area contributed by atoms with Crippen LogP contribution in [0.2, 0.25) is 0 Å². The monoisotopic (exact) mass is 749 g/mol. The van der Waals surface area contributed by atoms with E-state index in [-0.39, 0.29) is 76.7 Å². The van der Waals surface area contributed by atoms with Crippen LogP contribution in [0.4, 0.5) is 57.5 Å². The van der Waals surface area contributed by atoms with E-state index in [0.717, 1.165) is 0 Å². The van der Waals surface area contributed by atoms with Gasteiger partial charge in [-0.25, -0.2) is 57.5 Å². The van der Waals surface area contributed by atoms with Crippen molar-refractivity contribution in [1.82, 2.24) is 6.15 Å². The summed E-state index contributed by atoms with van der Waals surface area (Å²) in [4.78, 5) is 113. The van der Waals surface area contributed by atoms with Crippen LogP contribution in [-0.4, -0.2) is 125 Å². The second kappa shape index (κ2) is 35.7. The molecule has 43 heavy (non-hydrogen) atoms. The molecular formula is C12H15NO24S6. The molecule has 0 aromatic heterocycles. The minimum absolute atomic E-state index is 0. The van der Waals surface area contributed by atoms with E-state index in [0.29, 0.717) is 0 Å². The SMILES string of the molecule is N.O=C(O)SC(=O)O.O=C(O)SC(=O)O.O=C(O)SC(=O)O.O=C(O)SC(=O)O.O=C(O)SC(=O)O.O=C(O)SC(=O)O. The van der Waals surface area contributed by atoms with Crippen molar-refractivity contribution in [2.24, 2.45) is 0 Å². The first-order valence-corrected chi connectivity index (χ1v) is 12.5. The first kappa shape index (κ1) is 54.7. The first-order valence-electron chi connectivity index (χ1n) is 7.58. The van der Waals surface area contributed by atoms with Crippen molar-refractivity contribution in [2.75, 3.05) is 0 Å². The minimum Gasteiger partial charge on any atom is -0.473 e. The summed E-state index contributed by atoms with van der Waals surface area (Å²) in [5.74, 6) is 0. The topological polar surface area (TPSA) is 483 Å². The Morgan fingerprint density at radius 2 is 0.256 bits per heavy atom. The lowest BCUT2D eigenvalue weighted by Gasteiger charge is -1.78. The molecule has 0 fully saturated rings. The number of hydrogen-bond donors (Lipinski definition) is 13. The van der Waals surface area contributed by atoms with Gasteiger partial charge < -0.3 is 67.4 Å². The molecule has 0 spiro atoms. The normalized spacial score (nSPS) is 7.81. The maximum Gasteiger partial charge on any atom is 0.376 e. The minimum atomic E-state index is -1.40. The Morgan fingerprint density at radius 1 is 0.209 bits per heavy atom. The van der Waals surface area contributed by atoms with E-state index in [4.69, 9.17) is 61.3 Å². The van der Waals surface area contributed by atoms with Crippen LogP contribution < -0.4 is 6.15 Å². The van der Waals surface area contributed by atoms with Gasteiger partial charge in [-0.15, -0.1) is 0 Å². The number of thioether (sulfide) groups is 6. The van der Waals surface area contributed by atoms with Crippen molar-refractivity contribution < 1.29 is 119 Å². The largest absolute Gasteiger partial charge is 0.473 e. The van der Waals surface area contributed by atoms with Crippen LogP contribution in [0.25, 0.3) is 0 Å². The third-order valence-electron chi connectivity index (χ3n) is 1.05. The van der Waals surface area contributed by atoms with E-state index >= 15 is 0 Å². The molecule has 0 aromatic carbocycles. The Labute approximate surface area is 258 Å². The predicted molar refractivity (Wildman–Crippen MR) is 147 cm³/mol. The van der Waals surface area contributed by atoms with Gasteiger partial charge in [0, 0.05) is 0 Å². The van der Waals surface area contributed by atoms with Gasteiger partial charge in [0.25, 0.3) is 0 Å². The molecule has 0 saturated carbocycles. The highest BCUT2D eigenvalue weighted by atomic mass is 32.2. The Hall–Kier alpha value is -4.30. The third-order valence-corrected chi connectivity index (χ3v) is 3.14. The highest BCUT2D eigenvalue weighted by Gasteiger charge is 2.05. The van der Waals surface area contributed by atoms with E-state index in [2.05, 4.69) is 0 Å². The number of carbonyl (C=O) groups is 12. The highest BCUT2D eigenvalue weighted by molar-refractivity contribution is 8.26. The second-order valence-electron chi connectivity index (χ2n) is 3.80. The standard InChI is InChI=1S/6C2H2O4S.H3N/c6*3-1(4)7-2(5)6;/h6*(H,3,4)(H,5,6);1H3. The molecule has 0 aliphatic rings. The number of hydrogen-bond acceptors (Lipinski definition) is 19. The van der Waals surface area contributed by atoms with E-state index in [9.17, 15) is 57.5 Å². The second-order valence-corrected chi connectivity index (χ2v) is 9.22. The van der Waals surface area contributed by atoms with Crippen molar-refractivity contribution in [3.05, 3.63) is 0 Å². The van der Waals surface area contributed by atoms with Crippen molar-refractivity contribution in [3.63, 3.8) is 0 Å². The zero-order valence-corrected chi connectivity index (χ0v) is 24.3. The summed E-state index contributed by atoms with van der Waals surface area (Å²) in [7, 11) is 0. The van der Waals surface area contributed by atoms with Gasteiger partial charge in [-0.2, -0.15) is 0 Å². The summed E-state index contributed by atoms with van der Waals surface area (Å²) in [6, 6.07) is 0. The van der Waals surface area contributed by atoms with Gasteiger partial charge in [0.05, 0.1) is 70.6 Å². The van der Waals surface area contributed by atoms with E-state index < -0.39 is 63.6 Å². The van der Waals surface area contributed by atoms with Gasteiger partial charge >= 0.3 is 63.6 Å². The van der Waals surface area contributed by atoms with Gasteiger partial charge in [-0.1, -0.05) is 0 Å². The molecule has 31 heteroatoms. The molecule has 0 amide bonds. The van der Waals surface area contributed by atoms with Gasteiger partial charge in [0.2, 0.25) is 0 Å². The van der Waals surface area contributed by atoms with Crippen LogP contribution in [0, 0.1) is 0 Å². The van der Waals surface area contributed by atoms with Crippen LogP contribution in [0.3, 0.4) is 0 Å². The third kappa shape index (κ3) is 124. The number of carboxylic acid groups (broad SMARTS) is 12. The summed E-state index contributed by atoms with van der Waals surface area (Å²) in [5.41, 5.74) is 0. The van der Waals surface area contributed by atoms with Crippen LogP contribution in [0.5, 0.6) is 0 Å². The molecule has 15 N–H and O–H groups in total. The summed E-state index contributed by atoms with van der Waals surface area (Å²) in [5, 5.41) is 75.2. The fourth-order valence-electron chi connectivity index (χ4n) is 0.448. The number of rotatable bonds is 0. The predicted octanol–water partition coefficient (Wildman–Crippen LogP) is 6.62. The molecule has 0 aromatic rings. The zero-order chi connectivity index (χ0) is 35.2. The van der Waals surface area contributed by atoms with Crippen molar-refractivity contribution in [2.45, 2.75) is 0 Å². The molecule has 0 aliphatic carbocycles. The molecule has 0 radical (unpaired) electrons. The summed E-state index contributed by atoms with van der Waals surface area (Å²) < 4.78 is 0. The molecule has 0 saturated heterocycles. The Balaban J connectivity index is -0.0000000720. The fraction of sp³-hybridized carbons (Fsp3) is 0. The van der Waals surface area contributed by atoms with Gasteiger partial charge in [-0.3, -0.25) is 0 Å². The molecule has 0 aliphatic heterocycles. The van der Waals surface area contributed by atoms with Crippen LogP contribution in [-0.2, 0) is 0 Å². The van der Waals surface area contributed by atoms with Crippen LogP contribution in [0.1, 0.15) is 0 Å². The van der Waals surface area contributed by atoms with E-state index in [1.165, 1.54) is 0 Å². The maximum absolute atomic E-state index is 9.39. The molecule has 0 atom stereocenters. The molecule has 0 rings (SSSR count). The lowest BCUT2D eigenvalue weighted by Crippen LogP contribution is -1.90. The Kier molecular flexibility index (Phi) is 45.5. The van der Waals surface area contributed by atoms with E-state index in [1.54, 1.807) is 0 Å². The van der Waals surface area contributed by atoms with Crippen LogP contribution >= 0.6 is 70.6 Å². The summed E-state index contributed by atoms with van der Waals surface area (Å²) in [6.45, 7) is 0. The molecule has 248 valence electrons. The zero-order valence-electron chi connectivity index (χ0n) is 19.4.